The van der Waals surface area contributed by atoms with Crippen molar-refractivity contribution in [1.82, 2.24) is 10.3 Å². The molecule has 154 valence electrons. The number of pyridine rings is 1. The standard InChI is InChI=1S/C23H23N3O3S/c1-16-8-7-11-19(22(26-28-3)23(27)24-2)20(16)15-29-21-13-12-18(14-25-21)30-17-9-5-4-6-10-17/h4-14H,15H2,1-3H3,(H,24,27). The van der Waals surface area contributed by atoms with E-state index in [4.69, 9.17) is 9.57 Å². The minimum Gasteiger partial charge on any atom is -0.473 e. The number of rotatable bonds is 8. The molecule has 2 aromatic carbocycles. The molecule has 1 heterocycles. The van der Waals surface area contributed by atoms with Crippen molar-refractivity contribution in [2.24, 2.45) is 5.16 Å². The van der Waals surface area contributed by atoms with Crippen molar-refractivity contribution >= 4 is 23.4 Å². The Labute approximate surface area is 180 Å². The Kier molecular flexibility index (Phi) is 7.45. The van der Waals surface area contributed by atoms with Crippen LogP contribution in [0, 0.1) is 6.92 Å². The van der Waals surface area contributed by atoms with Gasteiger partial charge >= 0.3 is 0 Å². The topological polar surface area (TPSA) is 72.8 Å². The molecule has 0 aliphatic rings. The molecule has 0 aliphatic carbocycles. The number of carbonyl (C=O) groups is 1. The molecule has 0 atom stereocenters. The molecule has 0 spiro atoms. The molecular weight excluding hydrogens is 398 g/mol. The smallest absolute Gasteiger partial charge is 0.273 e. The number of hydrogen-bond donors (Lipinski definition) is 1. The molecule has 1 aromatic heterocycles. The first-order chi connectivity index (χ1) is 14.6. The fourth-order valence-corrected chi connectivity index (χ4v) is 3.63. The average Bonchev–Trinajstić information content (AvgIpc) is 2.78. The second kappa shape index (κ2) is 10.5. The van der Waals surface area contributed by atoms with Gasteiger partial charge in [0, 0.05) is 40.2 Å². The van der Waals surface area contributed by atoms with Crippen molar-refractivity contribution < 1.29 is 14.4 Å². The van der Waals surface area contributed by atoms with Crippen molar-refractivity contribution in [3.05, 3.63) is 83.6 Å². The first kappa shape index (κ1) is 21.4. The third-order valence-electron chi connectivity index (χ3n) is 4.34. The van der Waals surface area contributed by atoms with Crippen molar-refractivity contribution in [3.63, 3.8) is 0 Å². The Bertz CT molecular complexity index is 1020. The number of likely N-dealkylation sites (N-methyl/N-ethyl adjacent to an activating group) is 1. The predicted molar refractivity (Wildman–Crippen MR) is 118 cm³/mol. The molecule has 30 heavy (non-hydrogen) atoms. The van der Waals surface area contributed by atoms with E-state index in [0.29, 0.717) is 11.4 Å². The summed E-state index contributed by atoms with van der Waals surface area (Å²) in [5.41, 5.74) is 2.69. The highest BCUT2D eigenvalue weighted by Gasteiger charge is 2.19. The maximum atomic E-state index is 12.3. The molecule has 0 saturated heterocycles. The molecule has 1 amide bonds. The van der Waals surface area contributed by atoms with Gasteiger partial charge in [-0.15, -0.1) is 0 Å². The van der Waals surface area contributed by atoms with E-state index in [1.54, 1.807) is 25.0 Å². The first-order valence-electron chi connectivity index (χ1n) is 9.36. The van der Waals surface area contributed by atoms with Gasteiger partial charge in [0.25, 0.3) is 5.91 Å². The van der Waals surface area contributed by atoms with Gasteiger partial charge in [-0.25, -0.2) is 4.98 Å². The summed E-state index contributed by atoms with van der Waals surface area (Å²) in [5, 5.41) is 6.49. The lowest BCUT2D eigenvalue weighted by Crippen LogP contribution is -2.29. The van der Waals surface area contributed by atoms with Gasteiger partial charge < -0.3 is 14.9 Å². The number of hydrogen-bond acceptors (Lipinski definition) is 6. The van der Waals surface area contributed by atoms with Crippen LogP contribution in [0.25, 0.3) is 0 Å². The van der Waals surface area contributed by atoms with Crippen molar-refractivity contribution in [2.45, 2.75) is 23.3 Å². The lowest BCUT2D eigenvalue weighted by atomic mass is 9.98. The second-order valence-electron chi connectivity index (χ2n) is 6.34. The third kappa shape index (κ3) is 5.39. The van der Waals surface area contributed by atoms with E-state index in [1.165, 1.54) is 7.11 Å². The van der Waals surface area contributed by atoms with Crippen LogP contribution in [0.15, 0.2) is 81.8 Å². The third-order valence-corrected chi connectivity index (χ3v) is 5.33. The number of oxime groups is 1. The molecule has 3 rings (SSSR count). The van der Waals surface area contributed by atoms with Crippen LogP contribution in [0.5, 0.6) is 5.88 Å². The highest BCUT2D eigenvalue weighted by Crippen LogP contribution is 2.27. The van der Waals surface area contributed by atoms with E-state index in [0.717, 1.165) is 20.9 Å². The summed E-state index contributed by atoms with van der Waals surface area (Å²) in [6.45, 7) is 2.21. The first-order valence-corrected chi connectivity index (χ1v) is 10.2. The lowest BCUT2D eigenvalue weighted by molar-refractivity contribution is -0.114. The molecular formula is C23H23N3O3S. The van der Waals surface area contributed by atoms with Gasteiger partial charge in [0.05, 0.1) is 0 Å². The van der Waals surface area contributed by atoms with Gasteiger partial charge in [-0.05, 0) is 30.7 Å². The van der Waals surface area contributed by atoms with E-state index in [1.807, 2.05) is 55.5 Å². The maximum Gasteiger partial charge on any atom is 0.273 e. The molecule has 0 aliphatic heterocycles. The van der Waals surface area contributed by atoms with Crippen LogP contribution in [0.4, 0.5) is 0 Å². The highest BCUT2D eigenvalue weighted by molar-refractivity contribution is 7.99. The number of nitrogens with one attached hydrogen (secondary N) is 1. The predicted octanol–water partition coefficient (Wildman–Crippen LogP) is 4.22. The van der Waals surface area contributed by atoms with Crippen LogP contribution in [0.3, 0.4) is 0 Å². The van der Waals surface area contributed by atoms with Crippen molar-refractivity contribution in [2.75, 3.05) is 14.2 Å². The van der Waals surface area contributed by atoms with Gasteiger partial charge in [0.2, 0.25) is 5.88 Å². The second-order valence-corrected chi connectivity index (χ2v) is 7.49. The summed E-state index contributed by atoms with van der Waals surface area (Å²) < 4.78 is 5.91. The Morgan fingerprint density at radius 3 is 2.53 bits per heavy atom. The minimum absolute atomic E-state index is 0.199. The minimum atomic E-state index is -0.330. The monoisotopic (exact) mass is 421 g/mol. The van der Waals surface area contributed by atoms with Crippen LogP contribution in [-0.2, 0) is 16.2 Å². The molecule has 0 fully saturated rings. The van der Waals surface area contributed by atoms with Gasteiger partial charge in [-0.3, -0.25) is 4.79 Å². The fourth-order valence-electron chi connectivity index (χ4n) is 2.82. The fraction of sp³-hybridized carbons (Fsp3) is 0.174. The molecule has 1 N–H and O–H groups in total. The summed E-state index contributed by atoms with van der Waals surface area (Å²) in [7, 11) is 2.96. The zero-order chi connectivity index (χ0) is 21.3. The van der Waals surface area contributed by atoms with Crippen molar-refractivity contribution in [1.29, 1.82) is 0 Å². The molecule has 3 aromatic rings. The highest BCUT2D eigenvalue weighted by atomic mass is 32.2. The van der Waals surface area contributed by atoms with E-state index in [9.17, 15) is 4.79 Å². The zero-order valence-corrected chi connectivity index (χ0v) is 17.9. The SMILES string of the molecule is CNC(=O)C(=NOC)c1cccc(C)c1COc1ccc(Sc2ccccc2)cn1. The van der Waals surface area contributed by atoms with Crippen LogP contribution < -0.4 is 10.1 Å². The Morgan fingerprint density at radius 1 is 1.07 bits per heavy atom. The normalized spacial score (nSPS) is 11.1. The van der Waals surface area contributed by atoms with Crippen LogP contribution >= 0.6 is 11.8 Å². The Balaban J connectivity index is 1.76. The van der Waals surface area contributed by atoms with E-state index in [-0.39, 0.29) is 18.2 Å². The molecule has 0 radical (unpaired) electrons. The summed E-state index contributed by atoms with van der Waals surface area (Å²) in [6.07, 6.45) is 1.79. The number of carbonyl (C=O) groups excluding carboxylic acids is 1. The summed E-state index contributed by atoms with van der Waals surface area (Å²) in [6, 6.07) is 19.6. The van der Waals surface area contributed by atoms with E-state index >= 15 is 0 Å². The largest absolute Gasteiger partial charge is 0.473 e. The Morgan fingerprint density at radius 2 is 1.87 bits per heavy atom. The Hall–Kier alpha value is -3.32. The van der Waals surface area contributed by atoms with E-state index in [2.05, 4.69) is 27.6 Å². The van der Waals surface area contributed by atoms with Crippen LogP contribution in [0.1, 0.15) is 16.7 Å². The van der Waals surface area contributed by atoms with Gasteiger partial charge in [0.1, 0.15) is 13.7 Å². The molecule has 0 unspecified atom stereocenters. The quantitative estimate of drug-likeness (QED) is 0.436. The van der Waals surface area contributed by atoms with E-state index < -0.39 is 0 Å². The summed E-state index contributed by atoms with van der Waals surface area (Å²) in [5.74, 6) is 0.177. The van der Waals surface area contributed by atoms with Crippen molar-refractivity contribution in [3.8, 4) is 5.88 Å². The lowest BCUT2D eigenvalue weighted by Gasteiger charge is -2.14. The van der Waals surface area contributed by atoms with Crippen LogP contribution in [0.2, 0.25) is 0 Å². The molecule has 0 bridgehead atoms. The van der Waals surface area contributed by atoms with Crippen LogP contribution in [-0.4, -0.2) is 30.8 Å². The van der Waals surface area contributed by atoms with Gasteiger partial charge in [0.15, 0.2) is 5.71 Å². The molecule has 0 saturated carbocycles. The number of ether oxygens (including phenoxy) is 1. The average molecular weight is 422 g/mol. The number of aromatic nitrogens is 1. The molecule has 6 nitrogen and oxygen atoms in total. The number of nitrogens with zero attached hydrogens (tertiary/aromatic N) is 2. The summed E-state index contributed by atoms with van der Waals surface area (Å²) >= 11 is 1.64. The van der Waals surface area contributed by atoms with Gasteiger partial charge in [-0.1, -0.05) is 53.3 Å². The zero-order valence-electron chi connectivity index (χ0n) is 17.1. The maximum absolute atomic E-state index is 12.3. The molecule has 7 heteroatoms. The number of amides is 1. The van der Waals surface area contributed by atoms with Gasteiger partial charge in [-0.2, -0.15) is 0 Å². The number of aryl methyl sites for hydroxylation is 1. The number of benzene rings is 2. The summed E-state index contributed by atoms with van der Waals surface area (Å²) in [4.78, 5) is 23.7.